The van der Waals surface area contributed by atoms with Crippen LogP contribution < -0.4 is 0 Å². The first-order valence-corrected chi connectivity index (χ1v) is 6.99. The van der Waals surface area contributed by atoms with Gasteiger partial charge in [-0.15, -0.1) is 0 Å². The van der Waals surface area contributed by atoms with Gasteiger partial charge in [-0.3, -0.25) is 0 Å². The molecule has 0 heterocycles. The highest BCUT2D eigenvalue weighted by molar-refractivity contribution is 9.09. The van der Waals surface area contributed by atoms with E-state index in [1.165, 1.54) is 0 Å². The molecule has 0 amide bonds. The molecule has 1 atom stereocenters. The first-order valence-electron chi connectivity index (χ1n) is 4.42. The molecule has 0 fully saturated rings. The van der Waals surface area contributed by atoms with Gasteiger partial charge in [-0.2, -0.15) is 13.2 Å². The molecule has 0 aromatic heterocycles. The number of alkyl halides is 4. The summed E-state index contributed by atoms with van der Waals surface area (Å²) in [7, 11) is -4.58. The smallest absolute Gasteiger partial charge is 0.224 e. The van der Waals surface area contributed by atoms with Crippen molar-refractivity contribution in [1.29, 1.82) is 0 Å². The molecule has 0 saturated carbocycles. The molecule has 0 spiro atoms. The van der Waals surface area contributed by atoms with Gasteiger partial charge in [0.2, 0.25) is 0 Å². The number of hydrogen-bond acceptors (Lipinski definition) is 2. The first kappa shape index (κ1) is 15.4. The van der Waals surface area contributed by atoms with Crippen molar-refractivity contribution in [2.45, 2.75) is 15.9 Å². The fourth-order valence-electron chi connectivity index (χ4n) is 1.09. The maximum Gasteiger partial charge on any atom is 0.402 e. The Labute approximate surface area is 108 Å². The molecule has 1 aromatic carbocycles. The highest BCUT2D eigenvalue weighted by atomic mass is 79.9. The van der Waals surface area contributed by atoms with Crippen LogP contribution in [0.15, 0.2) is 23.1 Å². The molecule has 1 rings (SSSR count). The molecule has 1 aromatic rings. The van der Waals surface area contributed by atoms with Crippen LogP contribution in [0.1, 0.15) is 0 Å². The van der Waals surface area contributed by atoms with Crippen LogP contribution in [0.3, 0.4) is 0 Å². The molecule has 2 nitrogen and oxygen atoms in total. The lowest BCUT2D eigenvalue weighted by Crippen LogP contribution is -2.30. The molecule has 9 heteroatoms. The van der Waals surface area contributed by atoms with Gasteiger partial charge < -0.3 is 0 Å². The zero-order chi connectivity index (χ0) is 14.1. The van der Waals surface area contributed by atoms with Crippen LogP contribution in [0.5, 0.6) is 0 Å². The number of hydrogen-bond donors (Lipinski definition) is 0. The number of halogens is 6. The summed E-state index contributed by atoms with van der Waals surface area (Å²) in [5.74, 6) is -3.75. The highest BCUT2D eigenvalue weighted by Crippen LogP contribution is 2.29. The number of rotatable bonds is 3. The van der Waals surface area contributed by atoms with E-state index in [4.69, 9.17) is 0 Å². The average molecular weight is 353 g/mol. The van der Waals surface area contributed by atoms with Gasteiger partial charge in [0.15, 0.2) is 9.84 Å². The second-order valence-corrected chi connectivity index (χ2v) is 6.47. The lowest BCUT2D eigenvalue weighted by atomic mass is 10.3. The van der Waals surface area contributed by atoms with Gasteiger partial charge >= 0.3 is 6.18 Å². The SMILES string of the molecule is O=S(=O)(CC(Br)C(F)(F)F)c1cc(F)ccc1F. The van der Waals surface area contributed by atoms with Crippen molar-refractivity contribution >= 4 is 25.8 Å². The van der Waals surface area contributed by atoms with Crippen LogP contribution in [0.25, 0.3) is 0 Å². The van der Waals surface area contributed by atoms with Crippen molar-refractivity contribution in [3.63, 3.8) is 0 Å². The summed E-state index contributed by atoms with van der Waals surface area (Å²) in [4.78, 5) is -3.44. The molecule has 0 aliphatic carbocycles. The third-order valence-electron chi connectivity index (χ3n) is 1.95. The fraction of sp³-hybridized carbons (Fsp3) is 0.333. The van der Waals surface area contributed by atoms with E-state index in [0.29, 0.717) is 18.2 Å². The van der Waals surface area contributed by atoms with Crippen molar-refractivity contribution in [2.75, 3.05) is 5.75 Å². The lowest BCUT2D eigenvalue weighted by molar-refractivity contribution is -0.123. The topological polar surface area (TPSA) is 34.1 Å². The monoisotopic (exact) mass is 352 g/mol. The van der Waals surface area contributed by atoms with Crippen molar-refractivity contribution < 1.29 is 30.4 Å². The fourth-order valence-corrected chi connectivity index (χ4v) is 3.55. The molecule has 0 bridgehead atoms. The van der Waals surface area contributed by atoms with Gasteiger partial charge in [0, 0.05) is 0 Å². The van der Waals surface area contributed by atoms with Crippen LogP contribution in [0.4, 0.5) is 22.0 Å². The van der Waals surface area contributed by atoms with E-state index in [9.17, 15) is 30.4 Å². The Morgan fingerprint density at radius 3 is 2.28 bits per heavy atom. The molecule has 0 aliphatic rings. The van der Waals surface area contributed by atoms with Crippen LogP contribution in [0.2, 0.25) is 0 Å². The minimum atomic E-state index is -4.79. The quantitative estimate of drug-likeness (QED) is 0.618. The Balaban J connectivity index is 3.11. The molecule has 0 N–H and O–H groups in total. The summed E-state index contributed by atoms with van der Waals surface area (Å²) >= 11 is 2.15. The van der Waals surface area contributed by atoms with Crippen molar-refractivity contribution in [3.8, 4) is 0 Å². The summed E-state index contributed by atoms with van der Waals surface area (Å²) in [6.45, 7) is 0. The molecule has 0 aliphatic heterocycles. The van der Waals surface area contributed by atoms with Gasteiger partial charge in [-0.25, -0.2) is 17.2 Å². The van der Waals surface area contributed by atoms with E-state index < -0.39 is 43.1 Å². The molecular formula is C9H6BrF5O2S. The van der Waals surface area contributed by atoms with E-state index in [2.05, 4.69) is 15.9 Å². The van der Waals surface area contributed by atoms with Gasteiger partial charge in [0.1, 0.15) is 21.4 Å². The van der Waals surface area contributed by atoms with E-state index >= 15 is 0 Å². The Morgan fingerprint density at radius 1 is 1.22 bits per heavy atom. The summed E-state index contributed by atoms with van der Waals surface area (Å²) in [5.41, 5.74) is 0. The van der Waals surface area contributed by atoms with E-state index in [1.807, 2.05) is 0 Å². The minimum absolute atomic E-state index is 0.348. The molecule has 1 unspecified atom stereocenters. The van der Waals surface area contributed by atoms with Crippen LogP contribution in [-0.4, -0.2) is 25.2 Å². The van der Waals surface area contributed by atoms with Crippen molar-refractivity contribution in [1.82, 2.24) is 0 Å². The molecule has 0 saturated heterocycles. The van der Waals surface area contributed by atoms with Gasteiger partial charge in [0.25, 0.3) is 0 Å². The number of benzene rings is 1. The normalized spacial score (nSPS) is 14.6. The zero-order valence-corrected chi connectivity index (χ0v) is 10.9. The van der Waals surface area contributed by atoms with Gasteiger partial charge in [-0.05, 0) is 18.2 Å². The second kappa shape index (κ2) is 5.12. The van der Waals surface area contributed by atoms with Crippen LogP contribution in [-0.2, 0) is 9.84 Å². The molecular weight excluding hydrogens is 347 g/mol. The van der Waals surface area contributed by atoms with Crippen molar-refractivity contribution in [2.24, 2.45) is 0 Å². The van der Waals surface area contributed by atoms with Crippen LogP contribution in [0, 0.1) is 11.6 Å². The first-order chi connectivity index (χ1) is 8.04. The Morgan fingerprint density at radius 2 is 1.78 bits per heavy atom. The molecule has 102 valence electrons. The van der Waals surface area contributed by atoms with Gasteiger partial charge in [0.05, 0.1) is 5.75 Å². The largest absolute Gasteiger partial charge is 0.402 e. The van der Waals surface area contributed by atoms with Crippen LogP contribution >= 0.6 is 15.9 Å². The number of sulfone groups is 1. The molecule has 18 heavy (non-hydrogen) atoms. The van der Waals surface area contributed by atoms with Gasteiger partial charge in [-0.1, -0.05) is 15.9 Å². The van der Waals surface area contributed by atoms with E-state index in [1.54, 1.807) is 0 Å². The standard InChI is InChI=1S/C9H6BrF5O2S/c10-8(9(13,14)15)4-18(16,17)7-3-5(11)1-2-6(7)12/h1-3,8H,4H2. The lowest BCUT2D eigenvalue weighted by Gasteiger charge is -2.14. The maximum absolute atomic E-state index is 13.2. The van der Waals surface area contributed by atoms with Crippen molar-refractivity contribution in [3.05, 3.63) is 29.8 Å². The zero-order valence-electron chi connectivity index (χ0n) is 8.51. The second-order valence-electron chi connectivity index (χ2n) is 3.37. The average Bonchev–Trinajstić information content (AvgIpc) is 2.19. The molecule has 0 radical (unpaired) electrons. The highest BCUT2D eigenvalue weighted by Gasteiger charge is 2.41. The summed E-state index contributed by atoms with van der Waals surface area (Å²) in [6.07, 6.45) is -4.79. The third-order valence-corrected chi connectivity index (χ3v) is 4.98. The summed E-state index contributed by atoms with van der Waals surface area (Å²) in [5, 5.41) is 0. The summed E-state index contributed by atoms with van der Waals surface area (Å²) < 4.78 is 85.6. The predicted molar refractivity (Wildman–Crippen MR) is 57.2 cm³/mol. The Hall–Kier alpha value is -0.700. The Kier molecular flexibility index (Phi) is 4.37. The summed E-state index contributed by atoms with van der Waals surface area (Å²) in [6, 6.07) is 1.56. The van der Waals surface area contributed by atoms with E-state index in [-0.39, 0.29) is 0 Å². The van der Waals surface area contributed by atoms with E-state index in [0.717, 1.165) is 0 Å². The predicted octanol–water partition coefficient (Wildman–Crippen LogP) is 3.06. The minimum Gasteiger partial charge on any atom is -0.224 e. The third kappa shape index (κ3) is 3.64. The Bertz CT molecular complexity index is 540. The maximum atomic E-state index is 13.2.